The Bertz CT molecular complexity index is 557. The van der Waals surface area contributed by atoms with Gasteiger partial charge in [-0.1, -0.05) is 6.07 Å². The first-order valence-corrected chi connectivity index (χ1v) is 7.68. The van der Waals surface area contributed by atoms with Crippen LogP contribution in [-0.4, -0.2) is 8.42 Å². The fraction of sp³-hybridized carbons (Fsp3) is 0.111. The SMILES string of the molecule is Nc1csc(S(=O)(=O)NCc2cccs2)c1. The van der Waals surface area contributed by atoms with Crippen molar-refractivity contribution in [2.45, 2.75) is 10.8 Å². The minimum Gasteiger partial charge on any atom is -0.398 e. The second-order valence-corrected chi connectivity index (χ2v) is 7.04. The van der Waals surface area contributed by atoms with Crippen LogP contribution in [0, 0.1) is 0 Å². The molecule has 4 nitrogen and oxygen atoms in total. The molecule has 0 bridgehead atoms. The highest BCUT2D eigenvalue weighted by atomic mass is 32.2. The number of sulfonamides is 1. The Morgan fingerprint density at radius 1 is 1.38 bits per heavy atom. The third-order valence-corrected chi connectivity index (χ3v) is 5.61. The summed E-state index contributed by atoms with van der Waals surface area (Å²) in [6.45, 7) is 0.317. The number of anilines is 1. The highest BCUT2D eigenvalue weighted by molar-refractivity contribution is 7.91. The summed E-state index contributed by atoms with van der Waals surface area (Å²) in [4.78, 5) is 0.980. The van der Waals surface area contributed by atoms with Crippen molar-refractivity contribution in [2.75, 3.05) is 5.73 Å². The van der Waals surface area contributed by atoms with Crippen LogP contribution in [0.15, 0.2) is 33.2 Å². The van der Waals surface area contributed by atoms with E-state index in [1.807, 2.05) is 17.5 Å². The average Bonchev–Trinajstić information content (AvgIpc) is 2.85. The Labute approximate surface area is 102 Å². The Morgan fingerprint density at radius 3 is 2.75 bits per heavy atom. The smallest absolute Gasteiger partial charge is 0.250 e. The predicted octanol–water partition coefficient (Wildman–Crippen LogP) is 1.87. The number of nitrogen functional groups attached to an aromatic ring is 1. The van der Waals surface area contributed by atoms with Crippen molar-refractivity contribution in [2.24, 2.45) is 0 Å². The third-order valence-electron chi connectivity index (χ3n) is 1.88. The lowest BCUT2D eigenvalue weighted by molar-refractivity contribution is 0.584. The van der Waals surface area contributed by atoms with E-state index in [0.717, 1.165) is 16.2 Å². The Kier molecular flexibility index (Phi) is 3.29. The standard InChI is InChI=1S/C9H10N2O2S3/c10-7-4-9(15-6-7)16(12,13)11-5-8-2-1-3-14-8/h1-4,6,11H,5,10H2. The largest absolute Gasteiger partial charge is 0.398 e. The van der Waals surface area contributed by atoms with Crippen LogP contribution in [0.4, 0.5) is 5.69 Å². The van der Waals surface area contributed by atoms with E-state index in [1.165, 1.54) is 17.4 Å². The number of rotatable bonds is 4. The number of nitrogens with two attached hydrogens (primary N) is 1. The molecule has 2 heterocycles. The van der Waals surface area contributed by atoms with E-state index in [-0.39, 0.29) is 4.21 Å². The summed E-state index contributed by atoms with van der Waals surface area (Å²) < 4.78 is 26.4. The molecule has 0 saturated heterocycles. The molecule has 0 unspecified atom stereocenters. The van der Waals surface area contributed by atoms with Crippen LogP contribution in [0.25, 0.3) is 0 Å². The molecule has 0 aliphatic rings. The van der Waals surface area contributed by atoms with Gasteiger partial charge in [0.2, 0.25) is 10.0 Å². The van der Waals surface area contributed by atoms with Gasteiger partial charge in [-0.2, -0.15) is 0 Å². The van der Waals surface area contributed by atoms with E-state index in [9.17, 15) is 8.42 Å². The summed E-state index contributed by atoms with van der Waals surface area (Å²) in [5.74, 6) is 0. The van der Waals surface area contributed by atoms with Crippen molar-refractivity contribution in [3.63, 3.8) is 0 Å². The Balaban J connectivity index is 2.09. The fourth-order valence-corrected chi connectivity index (χ4v) is 3.99. The molecule has 0 aliphatic heterocycles. The molecular formula is C9H10N2O2S3. The van der Waals surface area contributed by atoms with E-state index in [0.29, 0.717) is 12.2 Å². The monoisotopic (exact) mass is 274 g/mol. The fourth-order valence-electron chi connectivity index (χ4n) is 1.12. The van der Waals surface area contributed by atoms with Gasteiger partial charge in [0.1, 0.15) is 4.21 Å². The van der Waals surface area contributed by atoms with Crippen LogP contribution in [0.2, 0.25) is 0 Å². The summed E-state index contributed by atoms with van der Waals surface area (Å²) in [5, 5.41) is 3.52. The molecule has 0 spiro atoms. The van der Waals surface area contributed by atoms with E-state index in [1.54, 1.807) is 5.38 Å². The summed E-state index contributed by atoms with van der Waals surface area (Å²) >= 11 is 2.64. The molecule has 3 N–H and O–H groups in total. The van der Waals surface area contributed by atoms with Crippen molar-refractivity contribution in [3.8, 4) is 0 Å². The zero-order valence-electron chi connectivity index (χ0n) is 8.21. The number of nitrogens with one attached hydrogen (secondary N) is 1. The molecule has 0 saturated carbocycles. The summed E-state index contributed by atoms with van der Waals surface area (Å²) in [6.07, 6.45) is 0. The summed E-state index contributed by atoms with van der Waals surface area (Å²) in [6, 6.07) is 5.23. The maximum atomic E-state index is 11.8. The van der Waals surface area contributed by atoms with Crippen molar-refractivity contribution >= 4 is 38.4 Å². The van der Waals surface area contributed by atoms with E-state index in [4.69, 9.17) is 5.73 Å². The maximum Gasteiger partial charge on any atom is 0.250 e. The molecule has 0 atom stereocenters. The zero-order valence-corrected chi connectivity index (χ0v) is 10.7. The maximum absolute atomic E-state index is 11.8. The van der Waals surface area contributed by atoms with Crippen LogP contribution >= 0.6 is 22.7 Å². The quantitative estimate of drug-likeness (QED) is 0.894. The van der Waals surface area contributed by atoms with Crippen LogP contribution in [0.3, 0.4) is 0 Å². The van der Waals surface area contributed by atoms with Gasteiger partial charge in [-0.05, 0) is 17.5 Å². The predicted molar refractivity (Wildman–Crippen MR) is 67.1 cm³/mol. The average molecular weight is 274 g/mol. The molecule has 0 amide bonds. The van der Waals surface area contributed by atoms with Crippen LogP contribution in [0.1, 0.15) is 4.88 Å². The lowest BCUT2D eigenvalue weighted by Crippen LogP contribution is -2.21. The van der Waals surface area contributed by atoms with Crippen molar-refractivity contribution in [1.82, 2.24) is 4.72 Å². The van der Waals surface area contributed by atoms with Gasteiger partial charge in [0.05, 0.1) is 0 Å². The van der Waals surface area contributed by atoms with Crippen molar-refractivity contribution < 1.29 is 8.42 Å². The minimum atomic E-state index is -3.42. The van der Waals surface area contributed by atoms with E-state index in [2.05, 4.69) is 4.72 Å². The molecule has 0 fully saturated rings. The second-order valence-electron chi connectivity index (χ2n) is 3.10. The van der Waals surface area contributed by atoms with Gasteiger partial charge in [-0.25, -0.2) is 13.1 Å². The normalized spacial score (nSPS) is 11.8. The van der Waals surface area contributed by atoms with Gasteiger partial charge in [0.15, 0.2) is 0 Å². The highest BCUT2D eigenvalue weighted by Crippen LogP contribution is 2.21. The van der Waals surface area contributed by atoms with Gasteiger partial charge in [-0.15, -0.1) is 22.7 Å². The van der Waals surface area contributed by atoms with Gasteiger partial charge < -0.3 is 5.73 Å². The molecule has 86 valence electrons. The summed E-state index contributed by atoms with van der Waals surface area (Å²) in [7, 11) is -3.42. The first-order chi connectivity index (χ1) is 7.58. The van der Waals surface area contributed by atoms with Crippen LogP contribution in [0.5, 0.6) is 0 Å². The highest BCUT2D eigenvalue weighted by Gasteiger charge is 2.15. The Morgan fingerprint density at radius 2 is 2.19 bits per heavy atom. The molecule has 0 aliphatic carbocycles. The third kappa shape index (κ3) is 2.62. The number of hydrogen-bond donors (Lipinski definition) is 2. The van der Waals surface area contributed by atoms with Crippen LogP contribution < -0.4 is 10.5 Å². The van der Waals surface area contributed by atoms with Crippen molar-refractivity contribution in [1.29, 1.82) is 0 Å². The second kappa shape index (κ2) is 4.54. The molecule has 0 radical (unpaired) electrons. The van der Waals surface area contributed by atoms with Gasteiger partial charge in [0, 0.05) is 22.5 Å². The number of hydrogen-bond acceptors (Lipinski definition) is 5. The molecule has 2 aromatic rings. The van der Waals surface area contributed by atoms with Crippen LogP contribution in [-0.2, 0) is 16.6 Å². The molecule has 0 aromatic carbocycles. The molecular weight excluding hydrogens is 264 g/mol. The van der Waals surface area contributed by atoms with Gasteiger partial charge >= 0.3 is 0 Å². The molecule has 2 aromatic heterocycles. The summed E-state index contributed by atoms with van der Waals surface area (Å²) in [5.41, 5.74) is 5.96. The van der Waals surface area contributed by atoms with Crippen molar-refractivity contribution in [3.05, 3.63) is 33.8 Å². The first-order valence-electron chi connectivity index (χ1n) is 4.44. The van der Waals surface area contributed by atoms with Gasteiger partial charge in [-0.3, -0.25) is 0 Å². The topological polar surface area (TPSA) is 72.2 Å². The number of thiophene rings is 2. The van der Waals surface area contributed by atoms with Gasteiger partial charge in [0.25, 0.3) is 0 Å². The zero-order chi connectivity index (χ0) is 11.6. The van der Waals surface area contributed by atoms with E-state index < -0.39 is 10.0 Å². The molecule has 7 heteroatoms. The molecule has 16 heavy (non-hydrogen) atoms. The Hall–Kier alpha value is -0.890. The van der Waals surface area contributed by atoms with E-state index >= 15 is 0 Å². The minimum absolute atomic E-state index is 0.251. The lowest BCUT2D eigenvalue weighted by Gasteiger charge is -2.02. The molecule has 2 rings (SSSR count). The lowest BCUT2D eigenvalue weighted by atomic mass is 10.5. The first kappa shape index (κ1) is 11.6.